The molecule has 9 heteroatoms. The normalized spacial score (nSPS) is 11.7. The third kappa shape index (κ3) is 5.75. The molecule has 1 aromatic heterocycles. The monoisotopic (exact) mass is 552 g/mol. The Bertz CT molecular complexity index is 1310. The molecule has 33 heavy (non-hydrogen) atoms. The smallest absolute Gasteiger partial charge is 0.342 e. The Labute approximate surface area is 206 Å². The van der Waals surface area contributed by atoms with Gasteiger partial charge in [0.25, 0.3) is 0 Å². The van der Waals surface area contributed by atoms with Gasteiger partial charge < -0.3 is 9.88 Å². The molecular formula is C24H17BrClF3N2OS. The highest BCUT2D eigenvalue weighted by atomic mass is 79.9. The Balaban J connectivity index is 1.49. The molecule has 0 unspecified atom stereocenters. The molecule has 1 N–H and O–H groups in total. The Hall–Kier alpha value is -2.42. The number of alkyl halides is 3. The van der Waals surface area contributed by atoms with E-state index in [-0.39, 0.29) is 16.5 Å². The number of aromatic nitrogens is 1. The van der Waals surface area contributed by atoms with Crippen LogP contribution in [0.25, 0.3) is 10.9 Å². The van der Waals surface area contributed by atoms with Crippen LogP contribution in [-0.4, -0.2) is 16.2 Å². The number of carbonyl (C=O) groups is 1. The number of nitrogens with one attached hydrogen (secondary N) is 1. The van der Waals surface area contributed by atoms with E-state index in [0.29, 0.717) is 6.54 Å². The largest absolute Gasteiger partial charge is 0.416 e. The van der Waals surface area contributed by atoms with Crippen LogP contribution in [0, 0.1) is 0 Å². The van der Waals surface area contributed by atoms with Crippen molar-refractivity contribution in [3.8, 4) is 0 Å². The maximum Gasteiger partial charge on any atom is 0.416 e. The zero-order chi connectivity index (χ0) is 23.6. The third-order valence-corrected chi connectivity index (χ3v) is 6.85. The van der Waals surface area contributed by atoms with Crippen molar-refractivity contribution >= 4 is 61.8 Å². The first-order valence-electron chi connectivity index (χ1n) is 9.82. The Kier molecular flexibility index (Phi) is 7.07. The highest BCUT2D eigenvalue weighted by molar-refractivity contribution is 9.10. The molecule has 0 aliphatic heterocycles. The second-order valence-electron chi connectivity index (χ2n) is 7.29. The van der Waals surface area contributed by atoms with Gasteiger partial charge in [0.2, 0.25) is 5.91 Å². The lowest BCUT2D eigenvalue weighted by Crippen LogP contribution is -2.15. The van der Waals surface area contributed by atoms with E-state index < -0.39 is 17.6 Å². The average Bonchev–Trinajstić information content (AvgIpc) is 3.12. The van der Waals surface area contributed by atoms with Gasteiger partial charge in [-0.25, -0.2) is 0 Å². The quantitative estimate of drug-likeness (QED) is 0.247. The summed E-state index contributed by atoms with van der Waals surface area (Å²) in [6.45, 7) is 0.667. The van der Waals surface area contributed by atoms with Crippen molar-refractivity contribution < 1.29 is 18.0 Å². The molecule has 170 valence electrons. The minimum absolute atomic E-state index is 0.0267. The molecule has 0 bridgehead atoms. The van der Waals surface area contributed by atoms with Gasteiger partial charge in [-0.15, -0.1) is 11.8 Å². The summed E-state index contributed by atoms with van der Waals surface area (Å²) in [5.74, 6) is -0.412. The number of rotatable bonds is 6. The first-order valence-corrected chi connectivity index (χ1v) is 12.0. The summed E-state index contributed by atoms with van der Waals surface area (Å²) in [7, 11) is 0. The number of hydrogen-bond donors (Lipinski definition) is 1. The summed E-state index contributed by atoms with van der Waals surface area (Å²) in [6, 6.07) is 18.8. The predicted molar refractivity (Wildman–Crippen MR) is 131 cm³/mol. The Morgan fingerprint density at radius 3 is 2.52 bits per heavy atom. The average molecular weight is 554 g/mol. The maximum atomic E-state index is 13.0. The summed E-state index contributed by atoms with van der Waals surface area (Å²) in [5, 5.41) is 3.54. The highest BCUT2D eigenvalue weighted by Gasteiger charge is 2.31. The predicted octanol–water partition coefficient (Wildman–Crippen LogP) is 7.86. The topological polar surface area (TPSA) is 34.0 Å². The fraction of sp³-hybridized carbons (Fsp3) is 0.125. The summed E-state index contributed by atoms with van der Waals surface area (Å²) in [6.07, 6.45) is -2.53. The van der Waals surface area contributed by atoms with Crippen molar-refractivity contribution in [3.05, 3.63) is 93.5 Å². The molecule has 3 aromatic carbocycles. The molecule has 3 nitrogen and oxygen atoms in total. The van der Waals surface area contributed by atoms with Crippen LogP contribution in [0.3, 0.4) is 0 Å². The number of hydrogen-bond acceptors (Lipinski definition) is 2. The first kappa shape index (κ1) is 23.7. The summed E-state index contributed by atoms with van der Waals surface area (Å²) < 4.78 is 42.0. The molecule has 4 aromatic rings. The number of para-hydroxylation sites is 1. The zero-order valence-corrected chi connectivity index (χ0v) is 20.2. The van der Waals surface area contributed by atoms with Gasteiger partial charge >= 0.3 is 6.18 Å². The van der Waals surface area contributed by atoms with Gasteiger partial charge in [0.05, 0.1) is 22.0 Å². The minimum Gasteiger partial charge on any atom is -0.342 e. The molecule has 0 saturated heterocycles. The lowest BCUT2D eigenvalue weighted by molar-refractivity contribution is -0.137. The molecular weight excluding hydrogens is 537 g/mol. The van der Waals surface area contributed by atoms with Crippen LogP contribution in [-0.2, 0) is 17.5 Å². The molecule has 1 amide bonds. The Morgan fingerprint density at radius 1 is 1.06 bits per heavy atom. The van der Waals surface area contributed by atoms with Crippen LogP contribution >= 0.6 is 39.3 Å². The number of halogens is 5. The third-order valence-electron chi connectivity index (χ3n) is 4.94. The van der Waals surface area contributed by atoms with Gasteiger partial charge in [0.15, 0.2) is 0 Å². The van der Waals surface area contributed by atoms with Crippen molar-refractivity contribution in [1.29, 1.82) is 0 Å². The van der Waals surface area contributed by atoms with Gasteiger partial charge in [-0.2, -0.15) is 13.2 Å². The Morgan fingerprint density at radius 2 is 1.79 bits per heavy atom. The lowest BCUT2D eigenvalue weighted by atomic mass is 10.2. The highest BCUT2D eigenvalue weighted by Crippen LogP contribution is 2.34. The van der Waals surface area contributed by atoms with Gasteiger partial charge in [0.1, 0.15) is 0 Å². The van der Waals surface area contributed by atoms with Gasteiger partial charge in [-0.3, -0.25) is 4.79 Å². The van der Waals surface area contributed by atoms with Crippen LogP contribution in [0.1, 0.15) is 11.1 Å². The fourth-order valence-corrected chi connectivity index (χ4v) is 4.69. The van der Waals surface area contributed by atoms with Crippen LogP contribution in [0.15, 0.2) is 82.3 Å². The second kappa shape index (κ2) is 9.83. The number of nitrogens with zero attached hydrogens (tertiary/aromatic N) is 1. The first-order chi connectivity index (χ1) is 15.7. The molecule has 0 aliphatic carbocycles. The van der Waals surface area contributed by atoms with E-state index in [1.165, 1.54) is 11.8 Å². The lowest BCUT2D eigenvalue weighted by Gasteiger charge is -2.11. The van der Waals surface area contributed by atoms with Crippen molar-refractivity contribution in [3.63, 3.8) is 0 Å². The van der Waals surface area contributed by atoms with Crippen LogP contribution in [0.5, 0.6) is 0 Å². The number of carbonyl (C=O) groups excluding carboxylic acids is 1. The number of thioether (sulfide) groups is 1. The van der Waals surface area contributed by atoms with E-state index in [2.05, 4.69) is 25.8 Å². The van der Waals surface area contributed by atoms with E-state index in [1.807, 2.05) is 54.7 Å². The van der Waals surface area contributed by atoms with Gasteiger partial charge in [0, 0.05) is 33.0 Å². The van der Waals surface area contributed by atoms with E-state index in [9.17, 15) is 18.0 Å². The van der Waals surface area contributed by atoms with E-state index >= 15 is 0 Å². The van der Waals surface area contributed by atoms with Crippen LogP contribution in [0.4, 0.5) is 18.9 Å². The molecule has 0 radical (unpaired) electrons. The van der Waals surface area contributed by atoms with Crippen molar-refractivity contribution in [2.24, 2.45) is 0 Å². The number of amides is 1. The maximum absolute atomic E-state index is 13.0. The second-order valence-corrected chi connectivity index (χ2v) is 9.63. The molecule has 0 fully saturated rings. The molecule has 0 spiro atoms. The molecule has 0 saturated carbocycles. The minimum atomic E-state index is -4.52. The fourth-order valence-electron chi connectivity index (χ4n) is 3.37. The molecule has 0 aliphatic rings. The van der Waals surface area contributed by atoms with Crippen LogP contribution < -0.4 is 5.32 Å². The van der Waals surface area contributed by atoms with Crippen LogP contribution in [0.2, 0.25) is 5.02 Å². The SMILES string of the molecule is O=C(CSc1cn(Cc2ccc(Br)cc2)c2ccccc12)Nc1cc(C(F)(F)F)ccc1Cl. The molecule has 0 atom stereocenters. The van der Waals surface area contributed by atoms with Crippen molar-refractivity contribution in [2.75, 3.05) is 11.1 Å². The zero-order valence-electron chi connectivity index (χ0n) is 17.0. The van der Waals surface area contributed by atoms with Gasteiger partial charge in [-0.05, 0) is 42.0 Å². The standard InChI is InChI=1S/C24H17BrClF3N2OS/c25-17-8-5-15(6-9-17)12-31-13-22(18-3-1-2-4-21(18)31)33-14-23(32)30-20-11-16(24(27,28)29)7-10-19(20)26/h1-11,13H,12,14H2,(H,30,32). The van der Waals surface area contributed by atoms with E-state index in [0.717, 1.165) is 44.0 Å². The van der Waals surface area contributed by atoms with Gasteiger partial charge in [-0.1, -0.05) is 57.9 Å². The van der Waals surface area contributed by atoms with E-state index in [1.54, 1.807) is 0 Å². The van der Waals surface area contributed by atoms with E-state index in [4.69, 9.17) is 11.6 Å². The van der Waals surface area contributed by atoms with Crippen molar-refractivity contribution in [1.82, 2.24) is 4.57 Å². The molecule has 4 rings (SSSR count). The number of fused-ring (bicyclic) bond motifs is 1. The molecule has 1 heterocycles. The summed E-state index contributed by atoms with van der Waals surface area (Å²) in [4.78, 5) is 13.4. The number of benzene rings is 3. The summed E-state index contributed by atoms with van der Waals surface area (Å²) in [5.41, 5.74) is 1.23. The summed E-state index contributed by atoms with van der Waals surface area (Å²) >= 11 is 10.7. The number of anilines is 1. The van der Waals surface area contributed by atoms with Crippen molar-refractivity contribution in [2.45, 2.75) is 17.6 Å².